The molecule has 22 heavy (non-hydrogen) atoms. The Morgan fingerprint density at radius 1 is 1.00 bits per heavy atom. The predicted molar refractivity (Wildman–Crippen MR) is 91.9 cm³/mol. The molecule has 3 heteroatoms. The Balaban J connectivity index is 1.98. The Hall–Kier alpha value is -2.29. The quantitative estimate of drug-likeness (QED) is 0.880. The van der Waals surface area contributed by atoms with E-state index in [-0.39, 0.29) is 5.91 Å². The molecular weight excluding hydrogens is 272 g/mol. The van der Waals surface area contributed by atoms with Crippen LogP contribution in [0.2, 0.25) is 0 Å². The molecule has 0 bridgehead atoms. The van der Waals surface area contributed by atoms with Gasteiger partial charge < -0.3 is 10.2 Å². The van der Waals surface area contributed by atoms with E-state index in [1.807, 2.05) is 36.1 Å². The van der Waals surface area contributed by atoms with Gasteiger partial charge in [0.25, 0.3) is 0 Å². The Morgan fingerprint density at radius 2 is 1.64 bits per heavy atom. The molecule has 0 saturated carbocycles. The maximum atomic E-state index is 12.4. The van der Waals surface area contributed by atoms with Gasteiger partial charge in [0, 0.05) is 18.8 Å². The zero-order valence-corrected chi connectivity index (χ0v) is 13.6. The summed E-state index contributed by atoms with van der Waals surface area (Å²) in [5.41, 5.74) is 4.55. The summed E-state index contributed by atoms with van der Waals surface area (Å²) >= 11 is 0. The van der Waals surface area contributed by atoms with E-state index in [2.05, 4.69) is 43.4 Å². The lowest BCUT2D eigenvalue weighted by molar-refractivity contribution is -0.129. The molecule has 0 fully saturated rings. The van der Waals surface area contributed by atoms with E-state index in [0.29, 0.717) is 19.6 Å². The van der Waals surface area contributed by atoms with E-state index in [1.165, 1.54) is 11.1 Å². The first kappa shape index (κ1) is 16.1. The number of carbonyl (C=O) groups excluding carboxylic acids is 1. The van der Waals surface area contributed by atoms with Crippen LogP contribution >= 0.6 is 0 Å². The highest BCUT2D eigenvalue weighted by Gasteiger charge is 2.12. The molecule has 0 unspecified atom stereocenters. The minimum absolute atomic E-state index is 0.119. The van der Waals surface area contributed by atoms with Crippen molar-refractivity contribution in [3.63, 3.8) is 0 Å². The fourth-order valence-corrected chi connectivity index (χ4v) is 2.55. The fraction of sp³-hybridized carbons (Fsp3) is 0.316. The zero-order chi connectivity index (χ0) is 15.9. The molecule has 0 atom stereocenters. The Morgan fingerprint density at radius 3 is 2.23 bits per heavy atom. The van der Waals surface area contributed by atoms with Gasteiger partial charge in [0.2, 0.25) is 5.91 Å². The van der Waals surface area contributed by atoms with Crippen LogP contribution in [0.4, 0.5) is 5.69 Å². The molecule has 0 aliphatic carbocycles. The van der Waals surface area contributed by atoms with Crippen molar-refractivity contribution in [2.45, 2.75) is 27.3 Å². The van der Waals surface area contributed by atoms with E-state index in [1.54, 1.807) is 0 Å². The van der Waals surface area contributed by atoms with Gasteiger partial charge in [-0.1, -0.05) is 48.5 Å². The number of benzene rings is 2. The molecule has 3 nitrogen and oxygen atoms in total. The summed E-state index contributed by atoms with van der Waals surface area (Å²) < 4.78 is 0. The van der Waals surface area contributed by atoms with Gasteiger partial charge in [-0.15, -0.1) is 0 Å². The molecule has 0 aromatic heterocycles. The molecule has 0 radical (unpaired) electrons. The number of hydrogen-bond acceptors (Lipinski definition) is 2. The second-order valence-corrected chi connectivity index (χ2v) is 5.51. The summed E-state index contributed by atoms with van der Waals surface area (Å²) in [6, 6.07) is 16.2. The van der Waals surface area contributed by atoms with Crippen molar-refractivity contribution in [1.29, 1.82) is 0 Å². The molecule has 2 rings (SSSR count). The van der Waals surface area contributed by atoms with Crippen molar-refractivity contribution in [3.8, 4) is 0 Å². The van der Waals surface area contributed by atoms with Crippen LogP contribution in [0.5, 0.6) is 0 Å². The summed E-state index contributed by atoms with van der Waals surface area (Å²) in [7, 11) is 0. The highest BCUT2D eigenvalue weighted by Crippen LogP contribution is 2.19. The third-order valence-corrected chi connectivity index (χ3v) is 3.85. The molecule has 1 amide bonds. The summed E-state index contributed by atoms with van der Waals surface area (Å²) in [6.07, 6.45) is 0. The summed E-state index contributed by atoms with van der Waals surface area (Å²) in [4.78, 5) is 14.3. The highest BCUT2D eigenvalue weighted by molar-refractivity contribution is 5.81. The topological polar surface area (TPSA) is 32.3 Å². The lowest BCUT2D eigenvalue weighted by Gasteiger charge is -2.22. The second-order valence-electron chi connectivity index (χ2n) is 5.51. The van der Waals surface area contributed by atoms with Crippen LogP contribution in [0.3, 0.4) is 0 Å². The number of anilines is 1. The lowest BCUT2D eigenvalue weighted by atomic mass is 10.1. The van der Waals surface area contributed by atoms with Gasteiger partial charge in [-0.25, -0.2) is 0 Å². The minimum atomic E-state index is 0.119. The lowest BCUT2D eigenvalue weighted by Crippen LogP contribution is -2.35. The van der Waals surface area contributed by atoms with Crippen molar-refractivity contribution >= 4 is 11.6 Å². The van der Waals surface area contributed by atoms with E-state index in [9.17, 15) is 4.79 Å². The van der Waals surface area contributed by atoms with Crippen molar-refractivity contribution in [2.75, 3.05) is 18.4 Å². The highest BCUT2D eigenvalue weighted by atomic mass is 16.2. The SMILES string of the molecule is CCN(Cc1ccccc1)C(=O)CNc1c(C)cccc1C. The monoisotopic (exact) mass is 296 g/mol. The molecule has 0 heterocycles. The van der Waals surface area contributed by atoms with Crippen LogP contribution in [-0.4, -0.2) is 23.9 Å². The molecule has 0 saturated heterocycles. The summed E-state index contributed by atoms with van der Waals surface area (Å²) in [6.45, 7) is 7.82. The number of para-hydroxylation sites is 1. The average Bonchev–Trinajstić information content (AvgIpc) is 2.53. The number of nitrogens with one attached hydrogen (secondary N) is 1. The number of nitrogens with zero attached hydrogens (tertiary/aromatic N) is 1. The van der Waals surface area contributed by atoms with E-state index in [0.717, 1.165) is 11.3 Å². The van der Waals surface area contributed by atoms with Gasteiger partial charge >= 0.3 is 0 Å². The van der Waals surface area contributed by atoms with Gasteiger partial charge in [-0.3, -0.25) is 4.79 Å². The number of amides is 1. The van der Waals surface area contributed by atoms with Crippen LogP contribution < -0.4 is 5.32 Å². The molecule has 1 N–H and O–H groups in total. The molecule has 0 spiro atoms. The molecule has 2 aromatic carbocycles. The molecule has 0 aliphatic heterocycles. The Kier molecular flexibility index (Phi) is 5.59. The number of carbonyl (C=O) groups is 1. The summed E-state index contributed by atoms with van der Waals surface area (Å²) in [5.74, 6) is 0.119. The van der Waals surface area contributed by atoms with Gasteiger partial charge in [0.15, 0.2) is 0 Å². The Bertz CT molecular complexity index is 602. The van der Waals surface area contributed by atoms with Gasteiger partial charge in [-0.2, -0.15) is 0 Å². The number of aryl methyl sites for hydroxylation is 2. The normalized spacial score (nSPS) is 10.3. The van der Waals surface area contributed by atoms with Crippen LogP contribution in [0.15, 0.2) is 48.5 Å². The molecule has 2 aromatic rings. The first-order valence-electron chi connectivity index (χ1n) is 7.73. The van der Waals surface area contributed by atoms with Crippen LogP contribution in [0, 0.1) is 13.8 Å². The first-order chi connectivity index (χ1) is 10.6. The largest absolute Gasteiger partial charge is 0.376 e. The van der Waals surface area contributed by atoms with E-state index < -0.39 is 0 Å². The average molecular weight is 296 g/mol. The molecular formula is C19H24N2O. The number of likely N-dealkylation sites (N-methyl/N-ethyl adjacent to an activating group) is 1. The predicted octanol–water partition coefficient (Wildman–Crippen LogP) is 3.76. The first-order valence-corrected chi connectivity index (χ1v) is 7.73. The molecule has 116 valence electrons. The van der Waals surface area contributed by atoms with Crippen LogP contribution in [0.1, 0.15) is 23.6 Å². The third-order valence-electron chi connectivity index (χ3n) is 3.85. The van der Waals surface area contributed by atoms with Crippen molar-refractivity contribution in [1.82, 2.24) is 4.90 Å². The number of hydrogen-bond donors (Lipinski definition) is 1. The van der Waals surface area contributed by atoms with Gasteiger partial charge in [0.05, 0.1) is 6.54 Å². The van der Waals surface area contributed by atoms with Crippen molar-refractivity contribution in [3.05, 3.63) is 65.2 Å². The maximum absolute atomic E-state index is 12.4. The van der Waals surface area contributed by atoms with E-state index in [4.69, 9.17) is 0 Å². The number of rotatable bonds is 6. The second kappa shape index (κ2) is 7.64. The van der Waals surface area contributed by atoms with Gasteiger partial charge in [0.1, 0.15) is 0 Å². The van der Waals surface area contributed by atoms with Gasteiger partial charge in [-0.05, 0) is 37.5 Å². The van der Waals surface area contributed by atoms with Crippen molar-refractivity contribution in [2.24, 2.45) is 0 Å². The maximum Gasteiger partial charge on any atom is 0.242 e. The summed E-state index contributed by atoms with van der Waals surface area (Å²) in [5, 5.41) is 3.29. The minimum Gasteiger partial charge on any atom is -0.376 e. The Labute approximate surface area is 133 Å². The van der Waals surface area contributed by atoms with E-state index >= 15 is 0 Å². The van der Waals surface area contributed by atoms with Crippen LogP contribution in [0.25, 0.3) is 0 Å². The third kappa shape index (κ3) is 4.10. The molecule has 0 aliphatic rings. The standard InChI is InChI=1S/C19H24N2O/c1-4-21(14-17-11-6-5-7-12-17)18(22)13-20-19-15(2)9-8-10-16(19)3/h5-12,20H,4,13-14H2,1-3H3. The smallest absolute Gasteiger partial charge is 0.242 e. The fourth-order valence-electron chi connectivity index (χ4n) is 2.55. The van der Waals surface area contributed by atoms with Crippen molar-refractivity contribution < 1.29 is 4.79 Å². The zero-order valence-electron chi connectivity index (χ0n) is 13.6. The van der Waals surface area contributed by atoms with Crippen LogP contribution in [-0.2, 0) is 11.3 Å².